The van der Waals surface area contributed by atoms with Crippen molar-refractivity contribution in [3.05, 3.63) is 66.1 Å². The van der Waals surface area contributed by atoms with Crippen molar-refractivity contribution >= 4 is 29.3 Å². The molecule has 166 valence electrons. The SMILES string of the molecule is CCOC(=O)/C=C/c1ccc(NC(=O)CN2CCC(c3nnc4ccccn34)CC2)cc1. The molecule has 3 heterocycles. The summed E-state index contributed by atoms with van der Waals surface area (Å²) >= 11 is 0. The summed E-state index contributed by atoms with van der Waals surface area (Å²) < 4.78 is 6.92. The molecule has 3 aromatic rings. The molecule has 0 radical (unpaired) electrons. The van der Waals surface area contributed by atoms with E-state index in [9.17, 15) is 9.59 Å². The Labute approximate surface area is 186 Å². The van der Waals surface area contributed by atoms with E-state index in [1.54, 1.807) is 13.0 Å². The number of anilines is 1. The van der Waals surface area contributed by atoms with Gasteiger partial charge in [-0.15, -0.1) is 10.2 Å². The van der Waals surface area contributed by atoms with Crippen molar-refractivity contribution in [1.82, 2.24) is 19.5 Å². The summed E-state index contributed by atoms with van der Waals surface area (Å²) in [7, 11) is 0. The molecule has 1 aliphatic rings. The second kappa shape index (κ2) is 10.2. The van der Waals surface area contributed by atoms with E-state index in [-0.39, 0.29) is 11.9 Å². The predicted molar refractivity (Wildman–Crippen MR) is 122 cm³/mol. The number of ether oxygens (including phenoxy) is 1. The average Bonchev–Trinajstić information content (AvgIpc) is 3.23. The van der Waals surface area contributed by atoms with Gasteiger partial charge >= 0.3 is 5.97 Å². The Morgan fingerprint density at radius 3 is 2.66 bits per heavy atom. The van der Waals surface area contributed by atoms with Gasteiger partial charge in [0.25, 0.3) is 0 Å². The van der Waals surface area contributed by atoms with E-state index >= 15 is 0 Å². The van der Waals surface area contributed by atoms with E-state index in [1.807, 2.05) is 48.7 Å². The summed E-state index contributed by atoms with van der Waals surface area (Å²) in [6.45, 7) is 4.17. The number of nitrogens with one attached hydrogen (secondary N) is 1. The number of benzene rings is 1. The number of hydrogen-bond donors (Lipinski definition) is 1. The summed E-state index contributed by atoms with van der Waals surface area (Å²) in [6.07, 6.45) is 6.98. The van der Waals surface area contributed by atoms with Crippen molar-refractivity contribution in [3.8, 4) is 0 Å². The van der Waals surface area contributed by atoms with Gasteiger partial charge in [0, 0.05) is 23.9 Å². The Morgan fingerprint density at radius 1 is 1.12 bits per heavy atom. The molecule has 1 aromatic carbocycles. The number of aromatic nitrogens is 3. The summed E-state index contributed by atoms with van der Waals surface area (Å²) in [6, 6.07) is 13.3. The molecule has 0 saturated carbocycles. The van der Waals surface area contributed by atoms with Crippen LogP contribution in [0.4, 0.5) is 5.69 Å². The number of rotatable bonds is 7. The van der Waals surface area contributed by atoms with Gasteiger partial charge in [-0.25, -0.2) is 4.79 Å². The lowest BCUT2D eigenvalue weighted by molar-refractivity contribution is -0.137. The maximum atomic E-state index is 12.5. The molecule has 2 aromatic heterocycles. The highest BCUT2D eigenvalue weighted by atomic mass is 16.5. The maximum Gasteiger partial charge on any atom is 0.330 e. The molecule has 8 heteroatoms. The van der Waals surface area contributed by atoms with Gasteiger partial charge in [0.05, 0.1) is 13.2 Å². The van der Waals surface area contributed by atoms with Gasteiger partial charge in [-0.3, -0.25) is 14.1 Å². The molecule has 1 aliphatic heterocycles. The van der Waals surface area contributed by atoms with Gasteiger partial charge in [0.15, 0.2) is 5.65 Å². The van der Waals surface area contributed by atoms with E-state index in [1.165, 1.54) is 6.08 Å². The van der Waals surface area contributed by atoms with E-state index in [0.29, 0.717) is 19.1 Å². The van der Waals surface area contributed by atoms with Crippen molar-refractivity contribution in [2.45, 2.75) is 25.7 Å². The van der Waals surface area contributed by atoms with Crippen LogP contribution >= 0.6 is 0 Å². The van der Waals surface area contributed by atoms with E-state index < -0.39 is 0 Å². The van der Waals surface area contributed by atoms with Crippen molar-refractivity contribution in [2.24, 2.45) is 0 Å². The van der Waals surface area contributed by atoms with Crippen LogP contribution < -0.4 is 5.32 Å². The Bertz CT molecular complexity index is 1100. The first-order chi connectivity index (χ1) is 15.6. The molecule has 0 spiro atoms. The van der Waals surface area contributed by atoms with E-state index in [2.05, 4.69) is 24.8 Å². The molecule has 0 atom stereocenters. The number of esters is 1. The minimum Gasteiger partial charge on any atom is -0.463 e. The monoisotopic (exact) mass is 433 g/mol. The fourth-order valence-corrected chi connectivity index (χ4v) is 3.92. The van der Waals surface area contributed by atoms with Crippen molar-refractivity contribution in [2.75, 3.05) is 31.6 Å². The topological polar surface area (TPSA) is 88.8 Å². The number of pyridine rings is 1. The normalized spacial score (nSPS) is 15.3. The van der Waals surface area contributed by atoms with Crippen LogP contribution in [-0.2, 0) is 14.3 Å². The van der Waals surface area contributed by atoms with Gasteiger partial charge in [0.1, 0.15) is 5.82 Å². The first-order valence-corrected chi connectivity index (χ1v) is 10.9. The standard InChI is InChI=1S/C24H27N5O3/c1-2-32-23(31)11-8-18-6-9-20(10-7-18)25-22(30)17-28-15-12-19(13-16-28)24-27-26-21-5-3-4-14-29(21)24/h3-11,14,19H,2,12-13,15-17H2,1H3,(H,25,30)/b11-8+. The van der Waals surface area contributed by atoms with Gasteiger partial charge in [-0.2, -0.15) is 0 Å². The first kappa shape index (κ1) is 21.7. The molecular formula is C24H27N5O3. The molecule has 0 aliphatic carbocycles. The van der Waals surface area contributed by atoms with Crippen molar-refractivity contribution in [1.29, 1.82) is 0 Å². The molecule has 0 bridgehead atoms. The summed E-state index contributed by atoms with van der Waals surface area (Å²) in [4.78, 5) is 26.0. The lowest BCUT2D eigenvalue weighted by atomic mass is 9.96. The largest absolute Gasteiger partial charge is 0.463 e. The maximum absolute atomic E-state index is 12.5. The number of carbonyl (C=O) groups is 2. The summed E-state index contributed by atoms with van der Waals surface area (Å²) in [5.74, 6) is 0.945. The second-order valence-electron chi connectivity index (χ2n) is 7.79. The molecule has 32 heavy (non-hydrogen) atoms. The lowest BCUT2D eigenvalue weighted by Crippen LogP contribution is -2.39. The third kappa shape index (κ3) is 5.39. The van der Waals surface area contributed by atoms with Gasteiger partial charge in [-0.1, -0.05) is 18.2 Å². The van der Waals surface area contributed by atoms with Crippen LogP contribution in [-0.4, -0.2) is 57.6 Å². The zero-order valence-corrected chi connectivity index (χ0v) is 18.1. The zero-order valence-electron chi connectivity index (χ0n) is 18.1. The van der Waals surface area contributed by atoms with Crippen LogP contribution in [0.3, 0.4) is 0 Å². The number of likely N-dealkylation sites (tertiary alicyclic amines) is 1. The Balaban J connectivity index is 1.25. The molecule has 1 fully saturated rings. The van der Waals surface area contributed by atoms with Crippen LogP contribution in [0.25, 0.3) is 11.7 Å². The number of nitrogens with zero attached hydrogens (tertiary/aromatic N) is 4. The van der Waals surface area contributed by atoms with Gasteiger partial charge < -0.3 is 10.1 Å². The van der Waals surface area contributed by atoms with Crippen LogP contribution in [0.5, 0.6) is 0 Å². The molecule has 0 unspecified atom stereocenters. The Kier molecular flexibility index (Phi) is 6.91. The van der Waals surface area contributed by atoms with E-state index in [0.717, 1.165) is 48.7 Å². The quantitative estimate of drug-likeness (QED) is 0.455. The molecule has 4 rings (SSSR count). The highest BCUT2D eigenvalue weighted by molar-refractivity contribution is 5.92. The molecule has 8 nitrogen and oxygen atoms in total. The fourth-order valence-electron chi connectivity index (χ4n) is 3.92. The highest BCUT2D eigenvalue weighted by Gasteiger charge is 2.25. The molecular weight excluding hydrogens is 406 g/mol. The summed E-state index contributed by atoms with van der Waals surface area (Å²) in [5, 5.41) is 11.6. The Morgan fingerprint density at radius 2 is 1.91 bits per heavy atom. The first-order valence-electron chi connectivity index (χ1n) is 10.9. The number of hydrogen-bond acceptors (Lipinski definition) is 6. The van der Waals surface area contributed by atoms with Gasteiger partial charge in [0.2, 0.25) is 5.91 Å². The number of piperidine rings is 1. The smallest absolute Gasteiger partial charge is 0.330 e. The number of amides is 1. The fraction of sp³-hybridized carbons (Fsp3) is 0.333. The third-order valence-corrected chi connectivity index (χ3v) is 5.55. The van der Waals surface area contributed by atoms with E-state index in [4.69, 9.17) is 4.74 Å². The highest BCUT2D eigenvalue weighted by Crippen LogP contribution is 2.27. The van der Waals surface area contributed by atoms with Crippen molar-refractivity contribution in [3.63, 3.8) is 0 Å². The zero-order chi connectivity index (χ0) is 22.3. The summed E-state index contributed by atoms with van der Waals surface area (Å²) in [5.41, 5.74) is 2.46. The van der Waals surface area contributed by atoms with Gasteiger partial charge in [-0.05, 0) is 68.8 Å². The molecule has 1 amide bonds. The van der Waals surface area contributed by atoms with Crippen LogP contribution in [0, 0.1) is 0 Å². The minimum absolute atomic E-state index is 0.0359. The van der Waals surface area contributed by atoms with Crippen molar-refractivity contribution < 1.29 is 14.3 Å². The Hall–Kier alpha value is -3.52. The molecule has 1 saturated heterocycles. The lowest BCUT2D eigenvalue weighted by Gasteiger charge is -2.30. The predicted octanol–water partition coefficient (Wildman–Crippen LogP) is 3.12. The minimum atomic E-state index is -0.370. The number of carbonyl (C=O) groups excluding carboxylic acids is 2. The van der Waals surface area contributed by atoms with Crippen LogP contribution in [0.1, 0.15) is 37.1 Å². The average molecular weight is 434 g/mol. The van der Waals surface area contributed by atoms with Crippen LogP contribution in [0.2, 0.25) is 0 Å². The second-order valence-corrected chi connectivity index (χ2v) is 7.79. The number of fused-ring (bicyclic) bond motifs is 1. The third-order valence-electron chi connectivity index (χ3n) is 5.55. The molecule has 1 N–H and O–H groups in total. The van der Waals surface area contributed by atoms with Crippen LogP contribution in [0.15, 0.2) is 54.7 Å².